The van der Waals surface area contributed by atoms with Crippen LogP contribution in [-0.4, -0.2) is 45.0 Å². The Morgan fingerprint density at radius 1 is 0.895 bits per heavy atom. The second kappa shape index (κ2) is 13.0. The predicted molar refractivity (Wildman–Crippen MR) is 141 cm³/mol. The van der Waals surface area contributed by atoms with Crippen LogP contribution < -0.4 is 14.5 Å². The molecular weight excluding hydrogens is 497 g/mol. The number of methoxy groups -OCH3 is 1. The topological polar surface area (TPSA) is 59.1 Å². The maximum Gasteiger partial charge on any atom is 0.573 e. The zero-order valence-electron chi connectivity index (χ0n) is 21.6. The second-order valence-electron chi connectivity index (χ2n) is 8.48. The number of carbonyl (C=O) groups excluding carboxylic acids is 2. The number of anilines is 2. The third-order valence-corrected chi connectivity index (χ3v) is 6.09. The Bertz CT molecular complexity index is 1210. The molecule has 0 aliphatic heterocycles. The molecule has 0 fully saturated rings. The monoisotopic (exact) mass is 528 g/mol. The molecule has 9 heteroatoms. The van der Waals surface area contributed by atoms with Crippen molar-refractivity contribution in [3.8, 4) is 16.9 Å². The molecule has 3 rings (SSSR count). The average Bonchev–Trinajstić information content (AvgIpc) is 2.91. The van der Waals surface area contributed by atoms with E-state index in [1.54, 1.807) is 6.07 Å². The number of rotatable bonds is 10. The van der Waals surface area contributed by atoms with Crippen molar-refractivity contribution < 1.29 is 32.2 Å². The van der Waals surface area contributed by atoms with E-state index >= 15 is 0 Å². The fourth-order valence-electron chi connectivity index (χ4n) is 4.23. The Hall–Kier alpha value is -4.01. The summed E-state index contributed by atoms with van der Waals surface area (Å²) in [7, 11) is 1.14. The number of hydrogen-bond acceptors (Lipinski definition) is 5. The number of carbonyl (C=O) groups is 2. The lowest BCUT2D eigenvalue weighted by Crippen LogP contribution is -2.38. The lowest BCUT2D eigenvalue weighted by molar-refractivity contribution is -0.274. The van der Waals surface area contributed by atoms with Gasteiger partial charge in [-0.05, 0) is 68.1 Å². The van der Waals surface area contributed by atoms with Gasteiger partial charge >= 0.3 is 18.2 Å². The van der Waals surface area contributed by atoms with Crippen LogP contribution in [-0.2, 0) is 20.7 Å². The van der Waals surface area contributed by atoms with Crippen molar-refractivity contribution in [1.29, 1.82) is 0 Å². The molecule has 0 saturated heterocycles. The molecule has 0 saturated carbocycles. The van der Waals surface area contributed by atoms with Gasteiger partial charge in [-0.1, -0.05) is 42.5 Å². The van der Waals surface area contributed by atoms with Crippen LogP contribution in [0, 0.1) is 0 Å². The zero-order valence-corrected chi connectivity index (χ0v) is 21.6. The number of halogens is 3. The van der Waals surface area contributed by atoms with Gasteiger partial charge in [-0.15, -0.1) is 13.2 Å². The molecule has 3 aromatic rings. The first-order valence-corrected chi connectivity index (χ1v) is 12.4. The molecule has 38 heavy (non-hydrogen) atoms. The predicted octanol–water partition coefficient (Wildman–Crippen LogP) is 6.24. The normalized spacial score (nSPS) is 11.1. The molecule has 0 aliphatic carbocycles. The largest absolute Gasteiger partial charge is 0.573 e. The van der Waals surface area contributed by atoms with Gasteiger partial charge in [-0.25, -0.2) is 4.79 Å². The van der Waals surface area contributed by atoms with E-state index in [2.05, 4.69) is 9.64 Å². The molecule has 0 spiro atoms. The van der Waals surface area contributed by atoms with Crippen LogP contribution in [0.15, 0.2) is 72.8 Å². The van der Waals surface area contributed by atoms with E-state index in [1.165, 1.54) is 29.2 Å². The van der Waals surface area contributed by atoms with Gasteiger partial charge in [-0.3, -0.25) is 4.79 Å². The Morgan fingerprint density at radius 2 is 1.55 bits per heavy atom. The Kier molecular flexibility index (Phi) is 9.76. The van der Waals surface area contributed by atoms with E-state index in [0.29, 0.717) is 29.7 Å². The Morgan fingerprint density at radius 3 is 2.13 bits per heavy atom. The molecule has 0 radical (unpaired) electrons. The van der Waals surface area contributed by atoms with Crippen LogP contribution in [0.5, 0.6) is 5.75 Å². The number of esters is 1. The summed E-state index contributed by atoms with van der Waals surface area (Å²) >= 11 is 0. The molecular formula is C29H31F3N2O4. The number of amides is 1. The summed E-state index contributed by atoms with van der Waals surface area (Å²) in [6.07, 6.45) is -3.55. The van der Waals surface area contributed by atoms with Gasteiger partial charge < -0.3 is 19.3 Å². The van der Waals surface area contributed by atoms with E-state index in [9.17, 15) is 22.8 Å². The molecule has 202 valence electrons. The summed E-state index contributed by atoms with van der Waals surface area (Å²) in [6, 6.07) is 20.7. The van der Waals surface area contributed by atoms with Gasteiger partial charge in [0.05, 0.1) is 12.8 Å². The van der Waals surface area contributed by atoms with Gasteiger partial charge in [-0.2, -0.15) is 0 Å². The van der Waals surface area contributed by atoms with E-state index < -0.39 is 18.2 Å². The quantitative estimate of drug-likeness (QED) is 0.230. The smallest absolute Gasteiger partial charge is 0.462 e. The number of ether oxygens (including phenoxy) is 2. The van der Waals surface area contributed by atoms with Crippen molar-refractivity contribution >= 4 is 23.3 Å². The van der Waals surface area contributed by atoms with E-state index in [4.69, 9.17) is 4.74 Å². The SMILES string of the molecule is CCN(CC)c1ccc(N(CCCc2ccccc2)C(=O)C(=O)OC)c(-c2ccc(OC(F)(F)F)cc2)c1. The molecule has 0 unspecified atom stereocenters. The van der Waals surface area contributed by atoms with Crippen LogP contribution in [0.25, 0.3) is 11.1 Å². The zero-order chi connectivity index (χ0) is 27.7. The van der Waals surface area contributed by atoms with Crippen molar-refractivity contribution in [3.05, 3.63) is 78.4 Å². The standard InChI is InChI=1S/C29H31F3N2O4/c1-4-33(5-2)23-15-18-26(25(20-23)22-13-16-24(17-14-22)38-29(30,31)32)34(27(35)28(36)37-3)19-9-12-21-10-7-6-8-11-21/h6-8,10-11,13-18,20H,4-5,9,12,19H2,1-3H3. The summed E-state index contributed by atoms with van der Waals surface area (Å²) in [5.74, 6) is -2.18. The highest BCUT2D eigenvalue weighted by atomic mass is 19.4. The summed E-state index contributed by atoms with van der Waals surface area (Å²) in [6.45, 7) is 5.72. The summed E-state index contributed by atoms with van der Waals surface area (Å²) < 4.78 is 46.8. The Labute approximate surface area is 220 Å². The third-order valence-electron chi connectivity index (χ3n) is 6.09. The van der Waals surface area contributed by atoms with Crippen molar-refractivity contribution in [1.82, 2.24) is 0 Å². The first-order valence-electron chi connectivity index (χ1n) is 12.4. The van der Waals surface area contributed by atoms with E-state index in [0.717, 1.165) is 31.5 Å². The molecule has 0 atom stereocenters. The van der Waals surface area contributed by atoms with Crippen molar-refractivity contribution in [3.63, 3.8) is 0 Å². The minimum atomic E-state index is -4.81. The minimum absolute atomic E-state index is 0.232. The number of benzene rings is 3. The van der Waals surface area contributed by atoms with Gasteiger partial charge in [0.1, 0.15) is 5.75 Å². The molecule has 0 heterocycles. The molecule has 1 amide bonds. The fraction of sp³-hybridized carbons (Fsp3) is 0.310. The lowest BCUT2D eigenvalue weighted by atomic mass is 10.0. The third kappa shape index (κ3) is 7.50. The number of nitrogens with zero attached hydrogens (tertiary/aromatic N) is 2. The summed E-state index contributed by atoms with van der Waals surface area (Å²) in [5.41, 5.74) is 3.57. The van der Waals surface area contributed by atoms with Crippen LogP contribution in [0.3, 0.4) is 0 Å². The molecule has 0 aromatic heterocycles. The van der Waals surface area contributed by atoms with E-state index in [-0.39, 0.29) is 12.3 Å². The highest BCUT2D eigenvalue weighted by Crippen LogP contribution is 2.36. The van der Waals surface area contributed by atoms with Gasteiger partial charge in [0.25, 0.3) is 0 Å². The summed E-state index contributed by atoms with van der Waals surface area (Å²) in [5, 5.41) is 0. The number of hydrogen-bond donors (Lipinski definition) is 0. The van der Waals surface area contributed by atoms with Crippen molar-refractivity contribution in [2.24, 2.45) is 0 Å². The molecule has 6 nitrogen and oxygen atoms in total. The maximum absolute atomic E-state index is 13.1. The van der Waals surface area contributed by atoms with Crippen LogP contribution in [0.1, 0.15) is 25.8 Å². The molecule has 3 aromatic carbocycles. The lowest BCUT2D eigenvalue weighted by Gasteiger charge is -2.27. The first-order chi connectivity index (χ1) is 18.2. The average molecular weight is 529 g/mol. The number of alkyl halides is 3. The van der Waals surface area contributed by atoms with Crippen LogP contribution >= 0.6 is 0 Å². The maximum atomic E-state index is 13.1. The molecule has 0 bridgehead atoms. The highest BCUT2D eigenvalue weighted by molar-refractivity contribution is 6.38. The van der Waals surface area contributed by atoms with Crippen molar-refractivity contribution in [2.45, 2.75) is 33.1 Å². The first kappa shape index (κ1) is 28.6. The second-order valence-corrected chi connectivity index (χ2v) is 8.48. The summed E-state index contributed by atoms with van der Waals surface area (Å²) in [4.78, 5) is 28.9. The van der Waals surface area contributed by atoms with E-state index in [1.807, 2.05) is 56.3 Å². The number of aryl methyl sites for hydroxylation is 1. The fourth-order valence-corrected chi connectivity index (χ4v) is 4.23. The molecule has 0 N–H and O–H groups in total. The Balaban J connectivity index is 2.04. The van der Waals surface area contributed by atoms with Crippen molar-refractivity contribution in [2.75, 3.05) is 36.5 Å². The van der Waals surface area contributed by atoms with Crippen LogP contribution in [0.4, 0.5) is 24.5 Å². The van der Waals surface area contributed by atoms with Gasteiger partial charge in [0, 0.05) is 30.9 Å². The highest BCUT2D eigenvalue weighted by Gasteiger charge is 2.31. The van der Waals surface area contributed by atoms with Gasteiger partial charge in [0.15, 0.2) is 0 Å². The van der Waals surface area contributed by atoms with Crippen LogP contribution in [0.2, 0.25) is 0 Å². The minimum Gasteiger partial charge on any atom is -0.462 e. The molecule has 0 aliphatic rings. The van der Waals surface area contributed by atoms with Gasteiger partial charge in [0.2, 0.25) is 0 Å².